The van der Waals surface area contributed by atoms with Crippen LogP contribution in [0.2, 0.25) is 14.5 Å². The van der Waals surface area contributed by atoms with E-state index in [1.165, 1.54) is 15.9 Å². The van der Waals surface area contributed by atoms with Crippen molar-refractivity contribution in [1.29, 1.82) is 0 Å². The van der Waals surface area contributed by atoms with Gasteiger partial charge in [0.15, 0.2) is 10.0 Å². The number of nitrogens with zero attached hydrogens (tertiary/aromatic N) is 4. The predicted molar refractivity (Wildman–Crippen MR) is 106 cm³/mol. The van der Waals surface area contributed by atoms with Crippen LogP contribution in [-0.4, -0.2) is 19.3 Å². The van der Waals surface area contributed by atoms with Crippen molar-refractivity contribution < 1.29 is 9.67 Å². The van der Waals surface area contributed by atoms with Crippen molar-refractivity contribution in [2.24, 2.45) is 7.05 Å². The summed E-state index contributed by atoms with van der Waals surface area (Å²) in [6.45, 7) is 0.297. The van der Waals surface area contributed by atoms with Gasteiger partial charge in [-0.05, 0) is 18.2 Å². The Labute approximate surface area is 172 Å². The lowest BCUT2D eigenvalue weighted by molar-refractivity contribution is -0.671. The second-order valence-corrected chi connectivity index (χ2v) is 8.46. The molecule has 1 aromatic carbocycles. The molecule has 0 unspecified atom stereocenters. The number of thiazole rings is 1. The minimum Gasteiger partial charge on any atom is -0.477 e. The molecule has 4 rings (SSSR count). The fourth-order valence-electron chi connectivity index (χ4n) is 2.99. The molecule has 3 aromatic heterocycles. The minimum absolute atomic E-state index is 0.106. The molecule has 4 aromatic rings. The number of aryl methyl sites for hydroxylation is 1. The highest BCUT2D eigenvalue weighted by Crippen LogP contribution is 2.30. The number of aromatic nitrogens is 4. The summed E-state index contributed by atoms with van der Waals surface area (Å²) < 4.78 is 5.13. The number of fused-ring (bicyclic) bond motifs is 1. The Morgan fingerprint density at radius 2 is 1.93 bits per heavy atom. The van der Waals surface area contributed by atoms with Gasteiger partial charge in [-0.2, -0.15) is 4.57 Å². The van der Waals surface area contributed by atoms with Gasteiger partial charge >= 0.3 is 11.2 Å². The highest BCUT2D eigenvalue weighted by atomic mass is 35.5. The molecule has 3 heterocycles. The van der Waals surface area contributed by atoms with Crippen LogP contribution in [0.5, 0.6) is 5.88 Å². The number of halogens is 3. The summed E-state index contributed by atoms with van der Waals surface area (Å²) in [4.78, 5) is 18.0. The Kier molecular flexibility index (Phi) is 4.63. The normalized spacial score (nSPS) is 11.4. The maximum Gasteiger partial charge on any atom is 0.373 e. The predicted octanol–water partition coefficient (Wildman–Crippen LogP) is 3.76. The Morgan fingerprint density at radius 3 is 2.56 bits per heavy atom. The SMILES string of the molecule is Cn1ccc2n1c(=O)c(-c1cc(Cl)cc(Cl)c1)c(O)[n+]2Cc1cnc(Cl)s1. The summed E-state index contributed by atoms with van der Waals surface area (Å²) in [6.07, 6.45) is 3.38. The van der Waals surface area contributed by atoms with Gasteiger partial charge in [0.2, 0.25) is 0 Å². The van der Waals surface area contributed by atoms with Crippen molar-refractivity contribution in [3.63, 3.8) is 0 Å². The minimum atomic E-state index is -0.382. The first-order valence-corrected chi connectivity index (χ1v) is 9.70. The van der Waals surface area contributed by atoms with Gasteiger partial charge in [0.05, 0.1) is 17.1 Å². The fourth-order valence-corrected chi connectivity index (χ4v) is 4.48. The van der Waals surface area contributed by atoms with Gasteiger partial charge in [0, 0.05) is 28.9 Å². The van der Waals surface area contributed by atoms with Crippen LogP contribution >= 0.6 is 46.1 Å². The van der Waals surface area contributed by atoms with E-state index in [1.54, 1.807) is 53.0 Å². The van der Waals surface area contributed by atoms with Crippen LogP contribution in [0.3, 0.4) is 0 Å². The van der Waals surface area contributed by atoms with E-state index < -0.39 is 0 Å². The van der Waals surface area contributed by atoms with Gasteiger partial charge in [-0.1, -0.05) is 39.3 Å². The molecule has 0 radical (unpaired) electrons. The summed E-state index contributed by atoms with van der Waals surface area (Å²) in [7, 11) is 1.74. The van der Waals surface area contributed by atoms with E-state index in [1.807, 2.05) is 0 Å². The zero-order valence-electron chi connectivity index (χ0n) is 13.9. The molecule has 0 aliphatic rings. The maximum atomic E-state index is 13.1. The number of hydrogen-bond donors (Lipinski definition) is 1. The molecule has 0 bridgehead atoms. The molecule has 0 aliphatic carbocycles. The first-order valence-electron chi connectivity index (χ1n) is 7.75. The van der Waals surface area contributed by atoms with Gasteiger partial charge in [-0.3, -0.25) is 0 Å². The van der Waals surface area contributed by atoms with Crippen LogP contribution in [0.25, 0.3) is 16.8 Å². The zero-order valence-corrected chi connectivity index (χ0v) is 16.9. The quantitative estimate of drug-likeness (QED) is 0.491. The van der Waals surface area contributed by atoms with Crippen LogP contribution in [0, 0.1) is 0 Å². The molecule has 10 heteroatoms. The lowest BCUT2D eigenvalue weighted by atomic mass is 10.1. The van der Waals surface area contributed by atoms with Crippen molar-refractivity contribution in [2.75, 3.05) is 0 Å². The number of hydrogen-bond acceptors (Lipinski definition) is 4. The van der Waals surface area contributed by atoms with Crippen molar-refractivity contribution in [3.05, 3.63) is 66.4 Å². The fraction of sp³-hybridized carbons (Fsp3) is 0.118. The third kappa shape index (κ3) is 3.21. The van der Waals surface area contributed by atoms with Crippen molar-refractivity contribution in [1.82, 2.24) is 14.2 Å². The highest BCUT2D eigenvalue weighted by molar-refractivity contribution is 7.15. The molecule has 0 spiro atoms. The van der Waals surface area contributed by atoms with E-state index >= 15 is 0 Å². The van der Waals surface area contributed by atoms with Crippen LogP contribution in [0.1, 0.15) is 4.88 Å². The standard InChI is InChI=1S/C17H11Cl3N4O2S/c1-22-3-2-13-23(8-12-7-21-17(20)27-12)15(25)14(16(26)24(13)22)9-4-10(18)6-11(19)5-9/h2-7H,8H2,1H3/p+1. The molecule has 0 fully saturated rings. The summed E-state index contributed by atoms with van der Waals surface area (Å²) in [5, 5.41) is 11.7. The summed E-state index contributed by atoms with van der Waals surface area (Å²) in [6, 6.07) is 6.49. The van der Waals surface area contributed by atoms with Crippen molar-refractivity contribution >= 4 is 51.8 Å². The van der Waals surface area contributed by atoms with E-state index in [2.05, 4.69) is 4.98 Å². The molecule has 0 saturated carbocycles. The molecule has 138 valence electrons. The number of aromatic hydroxyl groups is 1. The molecule has 6 nitrogen and oxygen atoms in total. The van der Waals surface area contributed by atoms with E-state index in [0.717, 1.165) is 4.88 Å². The first-order chi connectivity index (χ1) is 12.8. The highest BCUT2D eigenvalue weighted by Gasteiger charge is 2.28. The van der Waals surface area contributed by atoms with Crippen molar-refractivity contribution in [3.8, 4) is 17.0 Å². The molecule has 1 N–H and O–H groups in total. The maximum absolute atomic E-state index is 13.1. The molecule has 0 saturated heterocycles. The molecule has 0 amide bonds. The average Bonchev–Trinajstić information content (AvgIpc) is 3.16. The van der Waals surface area contributed by atoms with Gasteiger partial charge in [-0.25, -0.2) is 14.5 Å². The molecule has 0 atom stereocenters. The smallest absolute Gasteiger partial charge is 0.373 e. The number of rotatable bonds is 3. The lowest BCUT2D eigenvalue weighted by Gasteiger charge is -2.09. The Hall–Kier alpha value is -2.06. The van der Waals surface area contributed by atoms with Crippen LogP contribution in [0.4, 0.5) is 0 Å². The summed E-state index contributed by atoms with van der Waals surface area (Å²) in [5.41, 5.74) is 0.685. The first kappa shape index (κ1) is 18.3. The largest absolute Gasteiger partial charge is 0.477 e. The van der Waals surface area contributed by atoms with Gasteiger partial charge in [-0.15, -0.1) is 11.3 Å². The molecule has 27 heavy (non-hydrogen) atoms. The zero-order chi connectivity index (χ0) is 19.3. The molecule has 0 aliphatic heterocycles. The van der Waals surface area contributed by atoms with Gasteiger partial charge < -0.3 is 5.11 Å². The Balaban J connectivity index is 2.04. The van der Waals surface area contributed by atoms with Gasteiger partial charge in [0.25, 0.3) is 5.88 Å². The van der Waals surface area contributed by atoms with Gasteiger partial charge in [0.1, 0.15) is 6.54 Å². The third-order valence-corrected chi connectivity index (χ3v) is 5.66. The van der Waals surface area contributed by atoms with E-state index in [9.17, 15) is 9.90 Å². The molecular weight excluding hydrogens is 431 g/mol. The number of benzene rings is 1. The van der Waals surface area contributed by atoms with E-state index in [0.29, 0.717) is 32.3 Å². The Bertz CT molecular complexity index is 1220. The average molecular weight is 443 g/mol. The van der Waals surface area contributed by atoms with E-state index in [4.69, 9.17) is 34.8 Å². The second kappa shape index (κ2) is 6.83. The van der Waals surface area contributed by atoms with Crippen LogP contribution in [-0.2, 0) is 13.6 Å². The monoisotopic (exact) mass is 441 g/mol. The second-order valence-electron chi connectivity index (χ2n) is 5.89. The van der Waals surface area contributed by atoms with Crippen molar-refractivity contribution in [2.45, 2.75) is 6.54 Å². The topological polar surface area (TPSA) is 63.4 Å². The lowest BCUT2D eigenvalue weighted by Crippen LogP contribution is -2.41. The third-order valence-electron chi connectivity index (χ3n) is 4.12. The summed E-state index contributed by atoms with van der Waals surface area (Å²) >= 11 is 19.4. The molecular formula is C17H12Cl3N4O2S+. The van der Waals surface area contributed by atoms with Crippen LogP contribution in [0.15, 0.2) is 41.5 Å². The van der Waals surface area contributed by atoms with E-state index in [-0.39, 0.29) is 17.0 Å². The summed E-state index contributed by atoms with van der Waals surface area (Å²) in [5.74, 6) is -0.186. The Morgan fingerprint density at radius 1 is 1.22 bits per heavy atom. The van der Waals surface area contributed by atoms with Crippen LogP contribution < -0.4 is 10.1 Å².